The quantitative estimate of drug-likeness (QED) is 0.567. The van der Waals surface area contributed by atoms with Crippen LogP contribution in [0.1, 0.15) is 13.3 Å². The largest absolute Gasteiger partial charge is 0.481 e. The number of hydrogen-bond acceptors (Lipinski definition) is 2. The average Bonchev–Trinajstić information content (AvgIpc) is 1.88. The van der Waals surface area contributed by atoms with Crippen molar-refractivity contribution in [3.63, 3.8) is 0 Å². The molecule has 3 N–H and O–H groups in total. The van der Waals surface area contributed by atoms with Gasteiger partial charge in [-0.05, 0) is 6.42 Å². The van der Waals surface area contributed by atoms with E-state index >= 15 is 0 Å². The molecule has 0 amide bonds. The van der Waals surface area contributed by atoms with Gasteiger partial charge in [-0.15, -0.1) is 6.58 Å². The molecular formula is C7H13NO2. The van der Waals surface area contributed by atoms with Crippen LogP contribution in [0.3, 0.4) is 0 Å². The smallest absolute Gasteiger partial charge is 0.308 e. The second-order valence-electron chi connectivity index (χ2n) is 2.17. The van der Waals surface area contributed by atoms with Crippen LogP contribution in [0.2, 0.25) is 0 Å². The van der Waals surface area contributed by atoms with Crippen LogP contribution in [0.4, 0.5) is 0 Å². The van der Waals surface area contributed by atoms with E-state index in [0.29, 0.717) is 6.42 Å². The van der Waals surface area contributed by atoms with E-state index in [1.165, 1.54) is 6.08 Å². The molecule has 0 saturated heterocycles. The molecular weight excluding hydrogens is 130 g/mol. The molecule has 0 aliphatic heterocycles. The Hall–Kier alpha value is -0.830. The van der Waals surface area contributed by atoms with Gasteiger partial charge in [0.15, 0.2) is 0 Å². The van der Waals surface area contributed by atoms with Gasteiger partial charge in [-0.2, -0.15) is 0 Å². The Kier molecular flexibility index (Phi) is 3.72. The van der Waals surface area contributed by atoms with Crippen molar-refractivity contribution in [3.05, 3.63) is 12.7 Å². The summed E-state index contributed by atoms with van der Waals surface area (Å²) in [5.41, 5.74) is 5.43. The van der Waals surface area contributed by atoms with Crippen molar-refractivity contribution in [1.29, 1.82) is 0 Å². The molecule has 3 nitrogen and oxygen atoms in total. The van der Waals surface area contributed by atoms with Gasteiger partial charge in [-0.1, -0.05) is 13.0 Å². The zero-order valence-corrected chi connectivity index (χ0v) is 6.08. The minimum absolute atomic E-state index is 0.428. The van der Waals surface area contributed by atoms with Crippen molar-refractivity contribution in [2.75, 3.05) is 0 Å². The van der Waals surface area contributed by atoms with Crippen molar-refractivity contribution < 1.29 is 9.90 Å². The predicted octanol–water partition coefficient (Wildman–Crippen LogP) is 0.611. The topological polar surface area (TPSA) is 63.3 Å². The van der Waals surface area contributed by atoms with Crippen LogP contribution in [0.5, 0.6) is 0 Å². The van der Waals surface area contributed by atoms with E-state index in [1.54, 1.807) is 6.92 Å². The van der Waals surface area contributed by atoms with Crippen LogP contribution < -0.4 is 5.73 Å². The molecule has 0 aromatic carbocycles. The maximum absolute atomic E-state index is 10.4. The van der Waals surface area contributed by atoms with E-state index in [2.05, 4.69) is 6.58 Å². The highest BCUT2D eigenvalue weighted by Gasteiger charge is 2.19. The minimum Gasteiger partial charge on any atom is -0.481 e. The highest BCUT2D eigenvalue weighted by atomic mass is 16.4. The highest BCUT2D eigenvalue weighted by molar-refractivity contribution is 5.71. The lowest BCUT2D eigenvalue weighted by atomic mass is 9.98. The molecule has 0 fully saturated rings. The van der Waals surface area contributed by atoms with Gasteiger partial charge < -0.3 is 10.8 Å². The molecule has 2 atom stereocenters. The standard InChI is InChI=1S/C7H13NO2/c1-3-5(7(9)10)6(8)4-2/h4-6H,2-3,8H2,1H3,(H,9,10). The molecule has 3 heteroatoms. The Bertz CT molecular complexity index is 134. The zero-order chi connectivity index (χ0) is 8.15. The van der Waals surface area contributed by atoms with Crippen molar-refractivity contribution in [1.82, 2.24) is 0 Å². The number of carboxylic acid groups (broad SMARTS) is 1. The van der Waals surface area contributed by atoms with Crippen molar-refractivity contribution in [3.8, 4) is 0 Å². The Labute approximate surface area is 60.5 Å². The summed E-state index contributed by atoms with van der Waals surface area (Å²) in [5, 5.41) is 8.55. The molecule has 0 aromatic heterocycles. The van der Waals surface area contributed by atoms with Gasteiger partial charge in [0.1, 0.15) is 0 Å². The number of hydrogen-bond donors (Lipinski definition) is 2. The monoisotopic (exact) mass is 143 g/mol. The fraction of sp³-hybridized carbons (Fsp3) is 0.571. The van der Waals surface area contributed by atoms with Gasteiger partial charge in [0.25, 0.3) is 0 Å². The normalized spacial score (nSPS) is 15.8. The summed E-state index contributed by atoms with van der Waals surface area (Å²) in [4.78, 5) is 10.4. The van der Waals surface area contributed by atoms with Gasteiger partial charge in [0, 0.05) is 6.04 Å². The third-order valence-electron chi connectivity index (χ3n) is 1.49. The van der Waals surface area contributed by atoms with Crippen LogP contribution in [-0.2, 0) is 4.79 Å². The highest BCUT2D eigenvalue weighted by Crippen LogP contribution is 2.06. The molecule has 0 rings (SSSR count). The molecule has 0 aromatic rings. The lowest BCUT2D eigenvalue weighted by Gasteiger charge is -2.13. The second kappa shape index (κ2) is 4.06. The number of nitrogens with two attached hydrogens (primary N) is 1. The summed E-state index contributed by atoms with van der Waals surface area (Å²) >= 11 is 0. The third-order valence-corrected chi connectivity index (χ3v) is 1.49. The minimum atomic E-state index is -0.852. The molecule has 0 aliphatic carbocycles. The fourth-order valence-electron chi connectivity index (χ4n) is 0.776. The van der Waals surface area contributed by atoms with Crippen LogP contribution in [0.15, 0.2) is 12.7 Å². The van der Waals surface area contributed by atoms with E-state index < -0.39 is 17.9 Å². The number of carbonyl (C=O) groups is 1. The summed E-state index contributed by atoms with van der Waals surface area (Å²) in [7, 11) is 0. The zero-order valence-electron chi connectivity index (χ0n) is 6.08. The SMILES string of the molecule is C=CC(N)C(CC)C(=O)O. The summed E-state index contributed by atoms with van der Waals surface area (Å²) in [5.74, 6) is -1.34. The van der Waals surface area contributed by atoms with Crippen molar-refractivity contribution >= 4 is 5.97 Å². The molecule has 0 aliphatic rings. The molecule has 0 bridgehead atoms. The Balaban J connectivity index is 4.05. The van der Waals surface area contributed by atoms with Crippen LogP contribution >= 0.6 is 0 Å². The van der Waals surface area contributed by atoms with E-state index in [0.717, 1.165) is 0 Å². The Morgan fingerprint density at radius 1 is 1.90 bits per heavy atom. The van der Waals surface area contributed by atoms with Crippen molar-refractivity contribution in [2.45, 2.75) is 19.4 Å². The van der Waals surface area contributed by atoms with E-state index in [1.807, 2.05) is 0 Å². The van der Waals surface area contributed by atoms with Gasteiger partial charge in [-0.25, -0.2) is 0 Å². The van der Waals surface area contributed by atoms with E-state index in [-0.39, 0.29) is 0 Å². The molecule has 10 heavy (non-hydrogen) atoms. The van der Waals surface area contributed by atoms with Gasteiger partial charge in [-0.3, -0.25) is 4.79 Å². The maximum Gasteiger partial charge on any atom is 0.308 e. The molecule has 0 radical (unpaired) electrons. The molecule has 58 valence electrons. The summed E-state index contributed by atoms with van der Waals surface area (Å²) in [6.45, 7) is 5.22. The van der Waals surface area contributed by atoms with E-state index in [9.17, 15) is 4.79 Å². The second-order valence-corrected chi connectivity index (χ2v) is 2.17. The fourth-order valence-corrected chi connectivity index (χ4v) is 0.776. The molecule has 0 heterocycles. The molecule has 2 unspecified atom stereocenters. The molecule has 0 saturated carbocycles. The van der Waals surface area contributed by atoms with Crippen molar-refractivity contribution in [2.24, 2.45) is 11.7 Å². The van der Waals surface area contributed by atoms with Gasteiger partial charge in [0.2, 0.25) is 0 Å². The Morgan fingerprint density at radius 2 is 2.40 bits per heavy atom. The summed E-state index contributed by atoms with van der Waals surface area (Å²) < 4.78 is 0. The lowest BCUT2D eigenvalue weighted by Crippen LogP contribution is -2.33. The third kappa shape index (κ3) is 2.19. The summed E-state index contributed by atoms with van der Waals surface area (Å²) in [6.07, 6.45) is 2.00. The maximum atomic E-state index is 10.4. The average molecular weight is 143 g/mol. The van der Waals surface area contributed by atoms with Crippen LogP contribution in [0.25, 0.3) is 0 Å². The van der Waals surface area contributed by atoms with Crippen LogP contribution in [0, 0.1) is 5.92 Å². The summed E-state index contributed by atoms with van der Waals surface area (Å²) in [6, 6.07) is -0.428. The van der Waals surface area contributed by atoms with Gasteiger partial charge in [0.05, 0.1) is 5.92 Å². The number of aliphatic carboxylic acids is 1. The number of rotatable bonds is 4. The van der Waals surface area contributed by atoms with Crippen LogP contribution in [-0.4, -0.2) is 17.1 Å². The first-order valence-corrected chi connectivity index (χ1v) is 3.24. The Morgan fingerprint density at radius 3 is 2.50 bits per heavy atom. The lowest BCUT2D eigenvalue weighted by molar-refractivity contribution is -0.142. The van der Waals surface area contributed by atoms with E-state index in [4.69, 9.17) is 10.8 Å². The number of carboxylic acids is 1. The first-order valence-electron chi connectivity index (χ1n) is 3.24. The first kappa shape index (κ1) is 9.17. The first-order chi connectivity index (χ1) is 4.63. The molecule has 0 spiro atoms. The predicted molar refractivity (Wildman–Crippen MR) is 39.6 cm³/mol. The van der Waals surface area contributed by atoms with Gasteiger partial charge >= 0.3 is 5.97 Å².